The summed E-state index contributed by atoms with van der Waals surface area (Å²) in [5.41, 5.74) is 2.48. The molecule has 0 spiro atoms. The standard InChI is InChI=1S/C16H16ClN3OS/c1-16(2,3)11-7-10(22)8-14(15(11)21)20-18-12-5-4-9(17)6-13(12)19-20/h4-8,21-22H,1-3H3. The molecule has 0 saturated carbocycles. The third-order valence-electron chi connectivity index (χ3n) is 3.44. The van der Waals surface area contributed by atoms with Crippen LogP contribution in [0, 0.1) is 0 Å². The Morgan fingerprint density at radius 2 is 1.77 bits per heavy atom. The van der Waals surface area contributed by atoms with Crippen molar-refractivity contribution in [1.29, 1.82) is 0 Å². The molecule has 0 radical (unpaired) electrons. The summed E-state index contributed by atoms with van der Waals surface area (Å²) in [6.07, 6.45) is 0. The van der Waals surface area contributed by atoms with E-state index in [4.69, 9.17) is 11.6 Å². The molecule has 0 unspecified atom stereocenters. The Bertz CT molecular complexity index is 868. The summed E-state index contributed by atoms with van der Waals surface area (Å²) in [4.78, 5) is 2.17. The van der Waals surface area contributed by atoms with Crippen LogP contribution in [0.3, 0.4) is 0 Å². The SMILES string of the molecule is CC(C)(C)c1cc(S)cc(-n2nc3ccc(Cl)cc3n2)c1O. The van der Waals surface area contributed by atoms with Gasteiger partial charge < -0.3 is 5.11 Å². The summed E-state index contributed by atoms with van der Waals surface area (Å²) >= 11 is 10.4. The third kappa shape index (κ3) is 2.66. The van der Waals surface area contributed by atoms with Crippen LogP contribution in [-0.2, 0) is 5.41 Å². The molecule has 0 bridgehead atoms. The van der Waals surface area contributed by atoms with Gasteiger partial charge in [0, 0.05) is 15.5 Å². The van der Waals surface area contributed by atoms with Gasteiger partial charge in [-0.1, -0.05) is 32.4 Å². The van der Waals surface area contributed by atoms with Crippen molar-refractivity contribution >= 4 is 35.3 Å². The molecule has 0 fully saturated rings. The number of benzene rings is 2. The lowest BCUT2D eigenvalue weighted by Crippen LogP contribution is -2.13. The van der Waals surface area contributed by atoms with E-state index in [9.17, 15) is 5.11 Å². The highest BCUT2D eigenvalue weighted by Crippen LogP contribution is 2.37. The molecule has 0 aliphatic heterocycles. The van der Waals surface area contributed by atoms with Crippen LogP contribution in [0.5, 0.6) is 5.75 Å². The zero-order valence-electron chi connectivity index (χ0n) is 12.5. The smallest absolute Gasteiger partial charge is 0.146 e. The first-order valence-corrected chi connectivity index (χ1v) is 7.67. The molecule has 0 saturated heterocycles. The molecular weight excluding hydrogens is 318 g/mol. The summed E-state index contributed by atoms with van der Waals surface area (Å²) in [7, 11) is 0. The van der Waals surface area contributed by atoms with E-state index in [1.165, 1.54) is 4.80 Å². The Labute approximate surface area is 139 Å². The van der Waals surface area contributed by atoms with Crippen LogP contribution in [0.25, 0.3) is 16.7 Å². The first-order chi connectivity index (χ1) is 10.3. The van der Waals surface area contributed by atoms with E-state index in [1.807, 2.05) is 26.8 Å². The van der Waals surface area contributed by atoms with Crippen molar-refractivity contribution in [1.82, 2.24) is 15.0 Å². The molecular formula is C16H16ClN3OS. The van der Waals surface area contributed by atoms with E-state index in [-0.39, 0.29) is 11.2 Å². The Morgan fingerprint density at radius 1 is 1.09 bits per heavy atom. The van der Waals surface area contributed by atoms with Crippen molar-refractivity contribution in [2.75, 3.05) is 0 Å². The number of fused-ring (bicyclic) bond motifs is 1. The Hall–Kier alpha value is -1.72. The second kappa shape index (κ2) is 5.18. The number of halogens is 1. The summed E-state index contributed by atoms with van der Waals surface area (Å²) < 4.78 is 0. The maximum Gasteiger partial charge on any atom is 0.146 e. The van der Waals surface area contributed by atoms with Gasteiger partial charge in [0.25, 0.3) is 0 Å². The number of hydrogen-bond acceptors (Lipinski definition) is 4. The minimum atomic E-state index is -0.215. The second-order valence-corrected chi connectivity index (χ2v) is 7.19. The lowest BCUT2D eigenvalue weighted by molar-refractivity contribution is 0.439. The summed E-state index contributed by atoms with van der Waals surface area (Å²) in [6.45, 7) is 6.10. The highest BCUT2D eigenvalue weighted by Gasteiger charge is 2.22. The molecule has 0 atom stereocenters. The van der Waals surface area contributed by atoms with Crippen LogP contribution < -0.4 is 0 Å². The van der Waals surface area contributed by atoms with E-state index in [0.29, 0.717) is 21.7 Å². The van der Waals surface area contributed by atoms with E-state index in [1.54, 1.807) is 24.3 Å². The fourth-order valence-corrected chi connectivity index (χ4v) is 2.74. The average Bonchev–Trinajstić information content (AvgIpc) is 2.82. The third-order valence-corrected chi connectivity index (χ3v) is 3.93. The van der Waals surface area contributed by atoms with Crippen molar-refractivity contribution < 1.29 is 5.11 Å². The molecule has 1 heterocycles. The van der Waals surface area contributed by atoms with Crippen molar-refractivity contribution in [2.45, 2.75) is 31.1 Å². The van der Waals surface area contributed by atoms with Crippen LogP contribution in [0.2, 0.25) is 5.02 Å². The lowest BCUT2D eigenvalue weighted by Gasteiger charge is -2.22. The van der Waals surface area contributed by atoms with Crippen LogP contribution in [0.1, 0.15) is 26.3 Å². The predicted octanol–water partition coefficient (Wildman–Crippen LogP) is 4.37. The number of rotatable bonds is 1. The van der Waals surface area contributed by atoms with Gasteiger partial charge in [-0.3, -0.25) is 0 Å². The predicted molar refractivity (Wildman–Crippen MR) is 91.5 cm³/mol. The van der Waals surface area contributed by atoms with Gasteiger partial charge in [0.05, 0.1) is 0 Å². The van der Waals surface area contributed by atoms with Gasteiger partial charge in [-0.25, -0.2) is 0 Å². The van der Waals surface area contributed by atoms with Crippen LogP contribution >= 0.6 is 24.2 Å². The molecule has 6 heteroatoms. The van der Waals surface area contributed by atoms with Gasteiger partial charge in [-0.05, 0) is 35.7 Å². The normalized spacial score (nSPS) is 12.0. The number of aromatic nitrogens is 3. The fourth-order valence-electron chi connectivity index (χ4n) is 2.32. The highest BCUT2D eigenvalue weighted by molar-refractivity contribution is 7.80. The monoisotopic (exact) mass is 333 g/mol. The van der Waals surface area contributed by atoms with Crippen molar-refractivity contribution in [3.63, 3.8) is 0 Å². The molecule has 2 aromatic carbocycles. The minimum absolute atomic E-state index is 0.164. The quantitative estimate of drug-likeness (QED) is 0.650. The van der Waals surface area contributed by atoms with Gasteiger partial charge in [0.2, 0.25) is 0 Å². The summed E-state index contributed by atoms with van der Waals surface area (Å²) in [6, 6.07) is 8.91. The van der Waals surface area contributed by atoms with Gasteiger partial charge in [-0.2, -0.15) is 0 Å². The zero-order valence-corrected chi connectivity index (χ0v) is 14.2. The van der Waals surface area contributed by atoms with Crippen LogP contribution in [0.15, 0.2) is 35.2 Å². The minimum Gasteiger partial charge on any atom is -0.505 e. The maximum atomic E-state index is 10.6. The van der Waals surface area contributed by atoms with Gasteiger partial charge in [-0.15, -0.1) is 27.6 Å². The van der Waals surface area contributed by atoms with Crippen LogP contribution in [-0.4, -0.2) is 20.1 Å². The number of nitrogens with zero attached hydrogens (tertiary/aromatic N) is 3. The highest BCUT2D eigenvalue weighted by atomic mass is 35.5. The fraction of sp³-hybridized carbons (Fsp3) is 0.250. The van der Waals surface area contributed by atoms with Crippen molar-refractivity contribution in [2.24, 2.45) is 0 Å². The first-order valence-electron chi connectivity index (χ1n) is 6.85. The molecule has 3 aromatic rings. The van der Waals surface area contributed by atoms with E-state index < -0.39 is 0 Å². The first kappa shape index (κ1) is 15.2. The van der Waals surface area contributed by atoms with E-state index >= 15 is 0 Å². The molecule has 1 aromatic heterocycles. The molecule has 0 aliphatic rings. The Kier molecular flexibility index (Phi) is 3.57. The summed E-state index contributed by atoms with van der Waals surface area (Å²) in [5.74, 6) is 0.164. The number of phenols is 1. The van der Waals surface area contributed by atoms with E-state index in [2.05, 4.69) is 22.8 Å². The summed E-state index contributed by atoms with van der Waals surface area (Å²) in [5, 5.41) is 20.0. The van der Waals surface area contributed by atoms with E-state index in [0.717, 1.165) is 10.5 Å². The average molecular weight is 334 g/mol. The number of aromatic hydroxyl groups is 1. The molecule has 0 aliphatic carbocycles. The molecule has 0 amide bonds. The maximum absolute atomic E-state index is 10.6. The van der Waals surface area contributed by atoms with Gasteiger partial charge >= 0.3 is 0 Å². The number of phenolic OH excluding ortho intramolecular Hbond substituents is 1. The molecule has 1 N–H and O–H groups in total. The van der Waals surface area contributed by atoms with Gasteiger partial charge in [0.15, 0.2) is 0 Å². The molecule has 3 rings (SSSR count). The van der Waals surface area contributed by atoms with Crippen molar-refractivity contribution in [3.05, 3.63) is 40.9 Å². The number of thiol groups is 1. The second-order valence-electron chi connectivity index (χ2n) is 6.23. The topological polar surface area (TPSA) is 50.9 Å². The largest absolute Gasteiger partial charge is 0.505 e. The number of hydrogen-bond donors (Lipinski definition) is 2. The lowest BCUT2D eigenvalue weighted by atomic mass is 9.86. The molecule has 114 valence electrons. The Balaban J connectivity index is 2.24. The molecule has 4 nitrogen and oxygen atoms in total. The zero-order chi connectivity index (χ0) is 16.1. The van der Waals surface area contributed by atoms with Crippen molar-refractivity contribution in [3.8, 4) is 11.4 Å². The molecule has 22 heavy (non-hydrogen) atoms. The Morgan fingerprint density at radius 3 is 2.45 bits per heavy atom. The van der Waals surface area contributed by atoms with Gasteiger partial charge in [0.1, 0.15) is 22.5 Å². The van der Waals surface area contributed by atoms with Crippen LogP contribution in [0.4, 0.5) is 0 Å².